The summed E-state index contributed by atoms with van der Waals surface area (Å²) in [6, 6.07) is 5.42. The fraction of sp³-hybridized carbons (Fsp3) is 0.125. The Kier molecular flexibility index (Phi) is 7.49. The summed E-state index contributed by atoms with van der Waals surface area (Å²) in [7, 11) is 0. The van der Waals surface area contributed by atoms with Crippen LogP contribution in [0.5, 0.6) is 0 Å². The van der Waals surface area contributed by atoms with Crippen LogP contribution in [0.15, 0.2) is 58.6 Å². The minimum Gasteiger partial charge on any atom is -0.387 e. The molecule has 0 spiro atoms. The van der Waals surface area contributed by atoms with E-state index in [1.165, 1.54) is 11.6 Å². The number of thiol groups is 1. The SMILES string of the molecule is CC(N)=N/C=C/C=C(\C=C\S)C(=O)Nc1c(C)cccc1Cl. The lowest BCUT2D eigenvalue weighted by Gasteiger charge is -2.10. The number of amides is 1. The van der Waals surface area contributed by atoms with Gasteiger partial charge in [0.15, 0.2) is 0 Å². The topological polar surface area (TPSA) is 67.5 Å². The van der Waals surface area contributed by atoms with Gasteiger partial charge in [0.25, 0.3) is 5.91 Å². The number of nitrogens with one attached hydrogen (secondary N) is 1. The quantitative estimate of drug-likeness (QED) is 0.251. The normalized spacial score (nSPS) is 13.1. The van der Waals surface area contributed by atoms with Crippen molar-refractivity contribution in [3.05, 3.63) is 64.2 Å². The summed E-state index contributed by atoms with van der Waals surface area (Å²) in [6.07, 6.45) is 6.32. The summed E-state index contributed by atoms with van der Waals surface area (Å²) >= 11 is 10.1. The number of carbonyl (C=O) groups excluding carboxylic acids is 1. The van der Waals surface area contributed by atoms with Crippen LogP contribution in [0.4, 0.5) is 5.69 Å². The van der Waals surface area contributed by atoms with Gasteiger partial charge >= 0.3 is 0 Å². The molecule has 6 heteroatoms. The molecule has 0 aliphatic heterocycles. The molecule has 0 unspecified atom stereocenters. The molecule has 0 aliphatic carbocycles. The first-order chi connectivity index (χ1) is 10.5. The minimum atomic E-state index is -0.292. The largest absolute Gasteiger partial charge is 0.387 e. The molecule has 4 nitrogen and oxygen atoms in total. The molecule has 0 radical (unpaired) electrons. The molecular formula is C16H18ClN3OS. The Bertz CT molecular complexity index is 639. The van der Waals surface area contributed by atoms with Gasteiger partial charge in [0.2, 0.25) is 0 Å². The molecule has 1 aromatic carbocycles. The number of hydrogen-bond donors (Lipinski definition) is 3. The van der Waals surface area contributed by atoms with Crippen molar-refractivity contribution in [1.82, 2.24) is 0 Å². The molecule has 0 fully saturated rings. The van der Waals surface area contributed by atoms with Gasteiger partial charge < -0.3 is 11.1 Å². The summed E-state index contributed by atoms with van der Waals surface area (Å²) in [6.45, 7) is 3.55. The maximum absolute atomic E-state index is 12.3. The number of hydrogen-bond acceptors (Lipinski definition) is 3. The first-order valence-electron chi connectivity index (χ1n) is 6.49. The molecule has 0 saturated heterocycles. The summed E-state index contributed by atoms with van der Waals surface area (Å²) in [5, 5.41) is 4.76. The van der Waals surface area contributed by atoms with Gasteiger partial charge in [0.05, 0.1) is 16.5 Å². The predicted molar refractivity (Wildman–Crippen MR) is 97.5 cm³/mol. The Morgan fingerprint density at radius 3 is 2.77 bits per heavy atom. The van der Waals surface area contributed by atoms with E-state index in [-0.39, 0.29) is 5.91 Å². The van der Waals surface area contributed by atoms with Crippen molar-refractivity contribution in [2.24, 2.45) is 10.7 Å². The van der Waals surface area contributed by atoms with Crippen molar-refractivity contribution >= 4 is 41.7 Å². The number of rotatable bonds is 5. The van der Waals surface area contributed by atoms with E-state index in [4.69, 9.17) is 17.3 Å². The highest BCUT2D eigenvalue weighted by Crippen LogP contribution is 2.25. The second-order valence-electron chi connectivity index (χ2n) is 4.44. The first-order valence-corrected chi connectivity index (χ1v) is 7.39. The number of allylic oxidation sites excluding steroid dienone is 2. The van der Waals surface area contributed by atoms with Gasteiger partial charge in [-0.05, 0) is 49.1 Å². The van der Waals surface area contributed by atoms with Crippen LogP contribution in [0.3, 0.4) is 0 Å². The van der Waals surface area contributed by atoms with Crippen LogP contribution in [0, 0.1) is 6.92 Å². The van der Waals surface area contributed by atoms with Crippen LogP contribution in [-0.2, 0) is 4.79 Å². The predicted octanol–water partition coefficient (Wildman–Crippen LogP) is 3.85. The molecule has 1 aromatic rings. The number of nitrogens with two attached hydrogens (primary N) is 1. The number of halogens is 1. The van der Waals surface area contributed by atoms with Gasteiger partial charge in [0, 0.05) is 11.8 Å². The molecular weight excluding hydrogens is 318 g/mol. The second-order valence-corrected chi connectivity index (χ2v) is 5.14. The van der Waals surface area contributed by atoms with Crippen molar-refractivity contribution in [3.8, 4) is 0 Å². The van der Waals surface area contributed by atoms with Gasteiger partial charge in [-0.3, -0.25) is 4.79 Å². The smallest absolute Gasteiger partial charge is 0.255 e. The fourth-order valence-electron chi connectivity index (χ4n) is 1.57. The third-order valence-electron chi connectivity index (χ3n) is 2.62. The minimum absolute atomic E-state index is 0.292. The Hall–Kier alpha value is -1.98. The lowest BCUT2D eigenvalue weighted by atomic mass is 10.1. The standard InChI is InChI=1S/C16H18ClN3OS/c1-11-5-3-7-14(17)15(11)20-16(21)13(8-10-22)6-4-9-19-12(2)18/h3-10,22H,1-2H3,(H2,18,19)(H,20,21)/b9-4+,10-8+,13-6+. The van der Waals surface area contributed by atoms with E-state index in [0.29, 0.717) is 22.1 Å². The average Bonchev–Trinajstić information content (AvgIpc) is 2.46. The number of carbonyl (C=O) groups is 1. The molecule has 0 heterocycles. The summed E-state index contributed by atoms with van der Waals surface area (Å²) < 4.78 is 0. The number of para-hydroxylation sites is 1. The van der Waals surface area contributed by atoms with Crippen molar-refractivity contribution in [1.29, 1.82) is 0 Å². The highest BCUT2D eigenvalue weighted by molar-refractivity contribution is 7.83. The zero-order valence-corrected chi connectivity index (χ0v) is 14.0. The van der Waals surface area contributed by atoms with Gasteiger partial charge in [-0.1, -0.05) is 23.7 Å². The molecule has 1 rings (SSSR count). The molecule has 1 amide bonds. The van der Waals surface area contributed by atoms with Crippen LogP contribution in [-0.4, -0.2) is 11.7 Å². The van der Waals surface area contributed by atoms with Crippen molar-refractivity contribution < 1.29 is 4.79 Å². The average molecular weight is 336 g/mol. The molecule has 0 aromatic heterocycles. The number of anilines is 1. The Labute approximate surface area is 140 Å². The van der Waals surface area contributed by atoms with E-state index in [0.717, 1.165) is 5.56 Å². The molecule has 22 heavy (non-hydrogen) atoms. The van der Waals surface area contributed by atoms with E-state index < -0.39 is 0 Å². The third kappa shape index (κ3) is 5.79. The van der Waals surface area contributed by atoms with Crippen LogP contribution in [0.25, 0.3) is 0 Å². The van der Waals surface area contributed by atoms with Crippen LogP contribution < -0.4 is 11.1 Å². The lowest BCUT2D eigenvalue weighted by Crippen LogP contribution is -2.14. The van der Waals surface area contributed by atoms with E-state index in [2.05, 4.69) is 22.9 Å². The Balaban J connectivity index is 2.97. The van der Waals surface area contributed by atoms with E-state index in [9.17, 15) is 4.79 Å². The van der Waals surface area contributed by atoms with E-state index in [1.807, 2.05) is 19.1 Å². The monoisotopic (exact) mass is 335 g/mol. The summed E-state index contributed by atoms with van der Waals surface area (Å²) in [5.74, 6) is 0.145. The summed E-state index contributed by atoms with van der Waals surface area (Å²) in [5.41, 5.74) is 7.31. The molecule has 0 aliphatic rings. The van der Waals surface area contributed by atoms with Gasteiger partial charge in [-0.2, -0.15) is 12.6 Å². The fourth-order valence-corrected chi connectivity index (χ4v) is 2.00. The number of aryl methyl sites for hydroxylation is 1. The molecule has 0 saturated carbocycles. The molecule has 0 bridgehead atoms. The maximum atomic E-state index is 12.3. The van der Waals surface area contributed by atoms with Crippen molar-refractivity contribution in [2.45, 2.75) is 13.8 Å². The maximum Gasteiger partial charge on any atom is 0.255 e. The first kappa shape index (κ1) is 18.1. The number of benzene rings is 1. The Morgan fingerprint density at radius 2 is 2.18 bits per heavy atom. The highest BCUT2D eigenvalue weighted by Gasteiger charge is 2.10. The van der Waals surface area contributed by atoms with Crippen LogP contribution in [0.2, 0.25) is 5.02 Å². The second kappa shape index (κ2) is 9.12. The third-order valence-corrected chi connectivity index (χ3v) is 3.08. The highest BCUT2D eigenvalue weighted by atomic mass is 35.5. The van der Waals surface area contributed by atoms with Gasteiger partial charge in [-0.25, -0.2) is 4.99 Å². The zero-order valence-electron chi connectivity index (χ0n) is 12.4. The zero-order chi connectivity index (χ0) is 16.5. The van der Waals surface area contributed by atoms with Gasteiger partial charge in [0.1, 0.15) is 0 Å². The van der Waals surface area contributed by atoms with Gasteiger partial charge in [-0.15, -0.1) is 0 Å². The van der Waals surface area contributed by atoms with Crippen LogP contribution >= 0.6 is 24.2 Å². The number of nitrogens with zero attached hydrogens (tertiary/aromatic N) is 1. The Morgan fingerprint density at radius 1 is 1.45 bits per heavy atom. The lowest BCUT2D eigenvalue weighted by molar-refractivity contribution is -0.112. The van der Waals surface area contributed by atoms with E-state index in [1.54, 1.807) is 31.2 Å². The molecule has 116 valence electrons. The van der Waals surface area contributed by atoms with Crippen molar-refractivity contribution in [3.63, 3.8) is 0 Å². The molecule has 3 N–H and O–H groups in total. The number of aliphatic imine (C=N–C) groups is 1. The van der Waals surface area contributed by atoms with E-state index >= 15 is 0 Å². The summed E-state index contributed by atoms with van der Waals surface area (Å²) in [4.78, 5) is 16.2. The van der Waals surface area contributed by atoms with Crippen molar-refractivity contribution in [2.75, 3.05) is 5.32 Å². The van der Waals surface area contributed by atoms with Crippen LogP contribution in [0.1, 0.15) is 12.5 Å². The molecule has 0 atom stereocenters. The number of amidine groups is 1.